The Balaban J connectivity index is 1.32. The van der Waals surface area contributed by atoms with Gasteiger partial charge in [0.15, 0.2) is 0 Å². The second kappa shape index (κ2) is 10.9. The van der Waals surface area contributed by atoms with Crippen molar-refractivity contribution >= 4 is 48.5 Å². The van der Waals surface area contributed by atoms with Crippen LogP contribution in [0, 0.1) is 0 Å². The molecule has 0 atom stereocenters. The highest BCUT2D eigenvalue weighted by Crippen LogP contribution is 2.56. The largest absolute Gasteiger partial charge is 0.309 e. The summed E-state index contributed by atoms with van der Waals surface area (Å²) in [7, 11) is 0. The van der Waals surface area contributed by atoms with E-state index >= 15 is 0 Å². The Hall–Kier alpha value is -5.70. The molecule has 0 radical (unpaired) electrons. The Morgan fingerprint density at radius 3 is 1.73 bits per heavy atom. The second-order valence-electron chi connectivity index (χ2n) is 13.0. The van der Waals surface area contributed by atoms with E-state index in [0.29, 0.717) is 0 Å². The first-order valence-electron chi connectivity index (χ1n) is 16.8. The summed E-state index contributed by atoms with van der Waals surface area (Å²) in [5, 5.41) is 4.99. The second-order valence-corrected chi connectivity index (χ2v) is 13.9. The van der Waals surface area contributed by atoms with Crippen LogP contribution in [0.15, 0.2) is 186 Å². The van der Waals surface area contributed by atoms with Gasteiger partial charge in [-0.2, -0.15) is 0 Å². The monoisotopic (exact) mass is 687 g/mol. The first-order chi connectivity index (χ1) is 24.2. The molecule has 1 aromatic heterocycles. The van der Waals surface area contributed by atoms with E-state index in [1.807, 2.05) is 0 Å². The first kappa shape index (κ1) is 28.3. The van der Waals surface area contributed by atoms with Crippen molar-refractivity contribution in [3.05, 3.63) is 209 Å². The highest BCUT2D eigenvalue weighted by molar-refractivity contribution is 9.10. The van der Waals surface area contributed by atoms with Crippen molar-refractivity contribution in [1.29, 1.82) is 0 Å². The highest BCUT2D eigenvalue weighted by atomic mass is 79.9. The van der Waals surface area contributed by atoms with Crippen LogP contribution in [0.5, 0.6) is 0 Å². The summed E-state index contributed by atoms with van der Waals surface area (Å²) in [6, 6.07) is 67.1. The van der Waals surface area contributed by atoms with E-state index in [0.717, 1.165) is 10.2 Å². The molecule has 0 N–H and O–H groups in total. The summed E-state index contributed by atoms with van der Waals surface area (Å²) in [5.74, 6) is 0. The summed E-state index contributed by atoms with van der Waals surface area (Å²) in [6.45, 7) is 0. The van der Waals surface area contributed by atoms with Crippen molar-refractivity contribution < 1.29 is 0 Å². The van der Waals surface area contributed by atoms with Crippen molar-refractivity contribution in [3.63, 3.8) is 0 Å². The molecule has 1 aliphatic rings. The van der Waals surface area contributed by atoms with Crippen molar-refractivity contribution in [2.24, 2.45) is 0 Å². The third-order valence-electron chi connectivity index (χ3n) is 10.5. The SMILES string of the molecule is Brc1ccccc1-c1ccc2c3cc4ccccc4cc3n(-c3ccc4c(c3)C(c3ccccc3)(c3ccccc3)c3ccccc3-4)c2c1. The lowest BCUT2D eigenvalue weighted by molar-refractivity contribution is 0.767. The van der Waals surface area contributed by atoms with Gasteiger partial charge in [0.2, 0.25) is 0 Å². The first-order valence-corrected chi connectivity index (χ1v) is 17.6. The fourth-order valence-electron chi connectivity index (χ4n) is 8.42. The van der Waals surface area contributed by atoms with Gasteiger partial charge in [0.05, 0.1) is 16.4 Å². The Morgan fingerprint density at radius 1 is 0.408 bits per heavy atom. The van der Waals surface area contributed by atoms with E-state index in [1.54, 1.807) is 0 Å². The molecule has 10 rings (SSSR count). The summed E-state index contributed by atoms with van der Waals surface area (Å²) >= 11 is 3.82. The molecule has 0 saturated carbocycles. The fourth-order valence-corrected chi connectivity index (χ4v) is 8.93. The number of nitrogens with zero attached hydrogens (tertiary/aromatic N) is 1. The van der Waals surface area contributed by atoms with Crippen LogP contribution in [0.1, 0.15) is 22.3 Å². The van der Waals surface area contributed by atoms with Crippen molar-refractivity contribution in [2.45, 2.75) is 5.41 Å². The Labute approximate surface area is 293 Å². The van der Waals surface area contributed by atoms with Crippen LogP contribution in [0.2, 0.25) is 0 Å². The van der Waals surface area contributed by atoms with Crippen molar-refractivity contribution in [3.8, 4) is 27.9 Å². The highest BCUT2D eigenvalue weighted by Gasteiger charge is 2.46. The predicted octanol–water partition coefficient (Wildman–Crippen LogP) is 12.7. The van der Waals surface area contributed by atoms with Gasteiger partial charge in [-0.1, -0.05) is 162 Å². The van der Waals surface area contributed by atoms with E-state index in [2.05, 4.69) is 202 Å². The maximum absolute atomic E-state index is 3.82. The minimum atomic E-state index is -0.462. The molecule has 0 aliphatic heterocycles. The van der Waals surface area contributed by atoms with E-state index in [1.165, 1.54) is 77.1 Å². The zero-order valence-corrected chi connectivity index (χ0v) is 28.2. The summed E-state index contributed by atoms with van der Waals surface area (Å²) in [6.07, 6.45) is 0. The minimum absolute atomic E-state index is 0.462. The lowest BCUT2D eigenvalue weighted by atomic mass is 9.67. The van der Waals surface area contributed by atoms with E-state index in [-0.39, 0.29) is 0 Å². The zero-order chi connectivity index (χ0) is 32.5. The van der Waals surface area contributed by atoms with Gasteiger partial charge in [-0.05, 0) is 91.7 Å². The van der Waals surface area contributed by atoms with Gasteiger partial charge in [-0.25, -0.2) is 0 Å². The average Bonchev–Trinajstić information content (AvgIpc) is 3.64. The van der Waals surface area contributed by atoms with Gasteiger partial charge in [0, 0.05) is 20.9 Å². The Bertz CT molecular complexity index is 2680. The number of aromatic nitrogens is 1. The smallest absolute Gasteiger partial charge is 0.0714 e. The molecule has 0 spiro atoms. The third-order valence-corrected chi connectivity index (χ3v) is 11.2. The van der Waals surface area contributed by atoms with Crippen LogP contribution < -0.4 is 0 Å². The average molecular weight is 689 g/mol. The molecule has 1 nitrogen and oxygen atoms in total. The molecule has 0 amide bonds. The molecule has 0 bridgehead atoms. The molecule has 49 heavy (non-hydrogen) atoms. The standard InChI is InChI=1S/C47H30BrN/c48-44-22-12-10-19-37(44)33-23-25-40-41-27-31-13-7-8-14-32(31)28-46(41)49(45(40)29-33)36-24-26-39-38-20-9-11-21-42(38)47(43(39)30-36,34-15-3-1-4-16-34)35-17-5-2-6-18-35/h1-30H. The molecular formula is C47H30BrN. The molecule has 9 aromatic rings. The van der Waals surface area contributed by atoms with Crippen LogP contribution in [0.3, 0.4) is 0 Å². The quantitative estimate of drug-likeness (QED) is 0.173. The van der Waals surface area contributed by atoms with Crippen LogP contribution in [0.25, 0.3) is 60.5 Å². The predicted molar refractivity (Wildman–Crippen MR) is 209 cm³/mol. The lowest BCUT2D eigenvalue weighted by Gasteiger charge is -2.34. The molecule has 2 heteroatoms. The summed E-state index contributed by atoms with van der Waals surface area (Å²) in [5.41, 5.74) is 13.2. The van der Waals surface area contributed by atoms with Gasteiger partial charge in [-0.15, -0.1) is 0 Å². The number of rotatable bonds is 4. The van der Waals surface area contributed by atoms with E-state index in [9.17, 15) is 0 Å². The van der Waals surface area contributed by atoms with Gasteiger partial charge < -0.3 is 4.57 Å². The molecule has 0 fully saturated rings. The Morgan fingerprint density at radius 2 is 1.00 bits per heavy atom. The number of benzene rings is 8. The van der Waals surface area contributed by atoms with Crippen molar-refractivity contribution in [2.75, 3.05) is 0 Å². The summed E-state index contributed by atoms with van der Waals surface area (Å²) in [4.78, 5) is 0. The number of fused-ring (bicyclic) bond motifs is 7. The molecule has 0 unspecified atom stereocenters. The maximum atomic E-state index is 3.82. The molecule has 0 saturated heterocycles. The molecular weight excluding hydrogens is 658 g/mol. The van der Waals surface area contributed by atoms with Gasteiger partial charge >= 0.3 is 0 Å². The fraction of sp³-hybridized carbons (Fsp3) is 0.0213. The van der Waals surface area contributed by atoms with Gasteiger partial charge in [0.25, 0.3) is 0 Å². The number of hydrogen-bond acceptors (Lipinski definition) is 0. The normalized spacial score (nSPS) is 13.2. The maximum Gasteiger partial charge on any atom is 0.0714 e. The van der Waals surface area contributed by atoms with E-state index in [4.69, 9.17) is 0 Å². The topological polar surface area (TPSA) is 4.93 Å². The summed E-state index contributed by atoms with van der Waals surface area (Å²) < 4.78 is 3.58. The zero-order valence-electron chi connectivity index (χ0n) is 26.6. The molecule has 1 aliphatic carbocycles. The minimum Gasteiger partial charge on any atom is -0.309 e. The third kappa shape index (κ3) is 4.11. The van der Waals surface area contributed by atoms with Crippen molar-refractivity contribution in [1.82, 2.24) is 4.57 Å². The molecule has 1 heterocycles. The van der Waals surface area contributed by atoms with Crippen LogP contribution in [-0.2, 0) is 5.41 Å². The van der Waals surface area contributed by atoms with Crippen LogP contribution in [-0.4, -0.2) is 4.57 Å². The number of hydrogen-bond donors (Lipinski definition) is 0. The number of halogens is 1. The molecule has 8 aromatic carbocycles. The van der Waals surface area contributed by atoms with Gasteiger partial charge in [0.1, 0.15) is 0 Å². The molecule has 230 valence electrons. The van der Waals surface area contributed by atoms with E-state index < -0.39 is 5.41 Å². The van der Waals surface area contributed by atoms with Crippen LogP contribution in [0.4, 0.5) is 0 Å². The lowest BCUT2D eigenvalue weighted by Crippen LogP contribution is -2.28. The Kier molecular flexibility index (Phi) is 6.31. The van der Waals surface area contributed by atoms with Gasteiger partial charge in [-0.3, -0.25) is 0 Å². The van der Waals surface area contributed by atoms with Crippen LogP contribution >= 0.6 is 15.9 Å².